The molecule has 1 aliphatic heterocycles. The average Bonchev–Trinajstić information content (AvgIpc) is 2.19. The Kier molecular flexibility index (Phi) is 3.07. The van der Waals surface area contributed by atoms with Gasteiger partial charge in [0.25, 0.3) is 0 Å². The van der Waals surface area contributed by atoms with Crippen LogP contribution in [0.4, 0.5) is 0 Å². The predicted molar refractivity (Wildman–Crippen MR) is 48.8 cm³/mol. The fraction of sp³-hybridized carbons (Fsp3) is 1.00. The van der Waals surface area contributed by atoms with E-state index >= 15 is 0 Å². The van der Waals surface area contributed by atoms with Crippen molar-refractivity contribution in [2.45, 2.75) is 58.0 Å². The Morgan fingerprint density at radius 1 is 1.00 bits per heavy atom. The zero-order valence-electron chi connectivity index (χ0n) is 8.82. The fourth-order valence-electron chi connectivity index (χ4n) is 1.78. The minimum absolute atomic E-state index is 0.232. The molecule has 0 bridgehead atoms. The Morgan fingerprint density at radius 3 is 2.07 bits per heavy atom. The Balaban J connectivity index is 1.87. The van der Waals surface area contributed by atoms with Crippen LogP contribution in [0.1, 0.15) is 46.0 Å². The van der Waals surface area contributed by atoms with Gasteiger partial charge in [-0.05, 0) is 12.8 Å². The van der Waals surface area contributed by atoms with Gasteiger partial charge in [0.2, 0.25) is 12.1 Å². The van der Waals surface area contributed by atoms with Crippen LogP contribution < -0.4 is 0 Å². The molecule has 82 valence electrons. The molecule has 0 aromatic heterocycles. The predicted octanol–water partition coefficient (Wildman–Crippen LogP) is 2.54. The second kappa shape index (κ2) is 4.14. The van der Waals surface area contributed by atoms with E-state index in [0.29, 0.717) is 0 Å². The highest BCUT2D eigenvalue weighted by molar-refractivity contribution is 4.73. The van der Waals surface area contributed by atoms with E-state index in [-0.39, 0.29) is 5.92 Å². The first-order valence-electron chi connectivity index (χ1n) is 5.41. The Hall–Kier alpha value is -0.160. The van der Waals surface area contributed by atoms with Gasteiger partial charge in [0.1, 0.15) is 0 Å². The number of rotatable bonds is 1. The molecule has 0 unspecified atom stereocenters. The molecule has 1 saturated heterocycles. The van der Waals surface area contributed by atoms with Crippen LogP contribution in [0.2, 0.25) is 0 Å². The van der Waals surface area contributed by atoms with E-state index in [1.807, 2.05) is 13.8 Å². The highest BCUT2D eigenvalue weighted by atomic mass is 17.4. The van der Waals surface area contributed by atoms with Crippen molar-refractivity contribution in [1.29, 1.82) is 0 Å². The topological polar surface area (TPSA) is 36.9 Å². The second-order valence-corrected chi connectivity index (χ2v) is 4.44. The number of hydrogen-bond donors (Lipinski definition) is 0. The first-order chi connectivity index (χ1) is 6.72. The van der Waals surface area contributed by atoms with Gasteiger partial charge in [-0.2, -0.15) is 19.6 Å². The molecule has 1 saturated carbocycles. The standard InChI is InChI=1S/C10H18O4/c1-8(2)9-11-13-10(14-12-9)6-4-3-5-7-10/h8-9H,3-7H2,1-2H3. The molecule has 0 aromatic carbocycles. The molecule has 0 N–H and O–H groups in total. The van der Waals surface area contributed by atoms with E-state index in [0.717, 1.165) is 25.7 Å². The number of hydrogen-bond acceptors (Lipinski definition) is 4. The van der Waals surface area contributed by atoms with Gasteiger partial charge in [-0.3, -0.25) is 0 Å². The van der Waals surface area contributed by atoms with Gasteiger partial charge in [0.15, 0.2) is 0 Å². The van der Waals surface area contributed by atoms with Crippen molar-refractivity contribution in [2.75, 3.05) is 0 Å². The summed E-state index contributed by atoms with van der Waals surface area (Å²) in [6.07, 6.45) is 4.78. The summed E-state index contributed by atoms with van der Waals surface area (Å²) in [5, 5.41) is 0. The molecule has 0 aromatic rings. The molecule has 14 heavy (non-hydrogen) atoms. The summed E-state index contributed by atoms with van der Waals surface area (Å²) in [7, 11) is 0. The highest BCUT2D eigenvalue weighted by Crippen LogP contribution is 2.37. The van der Waals surface area contributed by atoms with Crippen molar-refractivity contribution in [3.05, 3.63) is 0 Å². The summed E-state index contributed by atoms with van der Waals surface area (Å²) < 4.78 is 0. The minimum Gasteiger partial charge on any atom is -0.198 e. The molecule has 4 nitrogen and oxygen atoms in total. The maximum Gasteiger partial charge on any atom is 0.234 e. The molecule has 0 atom stereocenters. The zero-order valence-corrected chi connectivity index (χ0v) is 8.82. The van der Waals surface area contributed by atoms with E-state index in [4.69, 9.17) is 19.6 Å². The van der Waals surface area contributed by atoms with Crippen LogP contribution in [0.3, 0.4) is 0 Å². The summed E-state index contributed by atoms with van der Waals surface area (Å²) in [5.41, 5.74) is 0. The summed E-state index contributed by atoms with van der Waals surface area (Å²) in [5.74, 6) is -0.389. The van der Waals surface area contributed by atoms with Gasteiger partial charge >= 0.3 is 0 Å². The van der Waals surface area contributed by atoms with Gasteiger partial charge in [-0.25, -0.2) is 0 Å². The van der Waals surface area contributed by atoms with Crippen molar-refractivity contribution >= 4 is 0 Å². The quantitative estimate of drug-likeness (QED) is 0.612. The maximum absolute atomic E-state index is 5.33. The van der Waals surface area contributed by atoms with Gasteiger partial charge in [0.05, 0.1) is 0 Å². The van der Waals surface area contributed by atoms with E-state index in [1.54, 1.807) is 0 Å². The Bertz CT molecular complexity index is 177. The smallest absolute Gasteiger partial charge is 0.198 e. The fourth-order valence-corrected chi connectivity index (χ4v) is 1.78. The Morgan fingerprint density at radius 2 is 1.57 bits per heavy atom. The first-order valence-corrected chi connectivity index (χ1v) is 5.41. The van der Waals surface area contributed by atoms with E-state index < -0.39 is 12.1 Å². The lowest BCUT2D eigenvalue weighted by Gasteiger charge is -2.39. The summed E-state index contributed by atoms with van der Waals surface area (Å²) in [6, 6.07) is 0. The minimum atomic E-state index is -0.621. The summed E-state index contributed by atoms with van der Waals surface area (Å²) >= 11 is 0. The third-order valence-electron chi connectivity index (χ3n) is 2.75. The average molecular weight is 202 g/mol. The van der Waals surface area contributed by atoms with Crippen LogP contribution in [0.25, 0.3) is 0 Å². The van der Waals surface area contributed by atoms with Gasteiger partial charge in [0, 0.05) is 18.8 Å². The monoisotopic (exact) mass is 202 g/mol. The third-order valence-corrected chi connectivity index (χ3v) is 2.75. The van der Waals surface area contributed by atoms with Gasteiger partial charge in [-0.15, -0.1) is 0 Å². The van der Waals surface area contributed by atoms with Crippen LogP contribution in [-0.2, 0) is 19.6 Å². The molecule has 0 radical (unpaired) electrons. The van der Waals surface area contributed by atoms with E-state index in [2.05, 4.69) is 0 Å². The molecular weight excluding hydrogens is 184 g/mol. The SMILES string of the molecule is CC(C)C1OOC2(CCCCC2)OO1. The highest BCUT2D eigenvalue weighted by Gasteiger charge is 2.42. The van der Waals surface area contributed by atoms with Crippen LogP contribution in [0.15, 0.2) is 0 Å². The van der Waals surface area contributed by atoms with Crippen molar-refractivity contribution in [2.24, 2.45) is 5.92 Å². The molecule has 1 aliphatic carbocycles. The zero-order chi connectivity index (χ0) is 10.0. The molecule has 0 amide bonds. The van der Waals surface area contributed by atoms with E-state index in [1.165, 1.54) is 6.42 Å². The van der Waals surface area contributed by atoms with Crippen molar-refractivity contribution < 1.29 is 19.6 Å². The van der Waals surface area contributed by atoms with Crippen LogP contribution in [0, 0.1) is 5.92 Å². The lowest BCUT2D eigenvalue weighted by atomic mass is 9.94. The normalized spacial score (nSPS) is 28.5. The summed E-state index contributed by atoms with van der Waals surface area (Å²) in [6.45, 7) is 3.99. The van der Waals surface area contributed by atoms with Crippen molar-refractivity contribution in [3.8, 4) is 0 Å². The molecule has 4 heteroatoms. The third kappa shape index (κ3) is 2.08. The van der Waals surface area contributed by atoms with Crippen molar-refractivity contribution in [1.82, 2.24) is 0 Å². The maximum atomic E-state index is 5.33. The molecule has 2 fully saturated rings. The Labute approximate surface area is 84.3 Å². The van der Waals surface area contributed by atoms with Crippen molar-refractivity contribution in [3.63, 3.8) is 0 Å². The largest absolute Gasteiger partial charge is 0.234 e. The molecule has 1 heterocycles. The second-order valence-electron chi connectivity index (χ2n) is 4.44. The lowest BCUT2D eigenvalue weighted by Crippen LogP contribution is -2.46. The van der Waals surface area contributed by atoms with Crippen LogP contribution in [-0.4, -0.2) is 12.1 Å². The van der Waals surface area contributed by atoms with Crippen LogP contribution in [0.5, 0.6) is 0 Å². The van der Waals surface area contributed by atoms with Crippen LogP contribution >= 0.6 is 0 Å². The molecule has 2 aliphatic rings. The lowest BCUT2D eigenvalue weighted by molar-refractivity contribution is -0.633. The van der Waals surface area contributed by atoms with E-state index in [9.17, 15) is 0 Å². The first kappa shape index (κ1) is 10.4. The van der Waals surface area contributed by atoms with Gasteiger partial charge < -0.3 is 0 Å². The summed E-state index contributed by atoms with van der Waals surface area (Å²) in [4.78, 5) is 21.0. The molecule has 2 rings (SSSR count). The molecule has 1 spiro atoms. The molecular formula is C10H18O4. The van der Waals surface area contributed by atoms with Gasteiger partial charge in [-0.1, -0.05) is 20.3 Å².